The third kappa shape index (κ3) is 3.57. The fourth-order valence-corrected chi connectivity index (χ4v) is 4.37. The highest BCUT2D eigenvalue weighted by Gasteiger charge is 2.18. The molecular formula is C21H20N4O4S. The van der Waals surface area contributed by atoms with Gasteiger partial charge in [-0.1, -0.05) is 18.2 Å². The van der Waals surface area contributed by atoms with Gasteiger partial charge in [0.1, 0.15) is 15.0 Å². The van der Waals surface area contributed by atoms with E-state index in [-0.39, 0.29) is 5.56 Å². The molecular weight excluding hydrogens is 404 g/mol. The van der Waals surface area contributed by atoms with Gasteiger partial charge in [-0.05, 0) is 43.2 Å². The van der Waals surface area contributed by atoms with E-state index in [0.717, 1.165) is 27.9 Å². The molecule has 0 unspecified atom stereocenters. The van der Waals surface area contributed by atoms with Crippen LogP contribution in [-0.2, 0) is 16.1 Å². The minimum absolute atomic E-state index is 0.317. The van der Waals surface area contributed by atoms with Crippen molar-refractivity contribution in [2.24, 2.45) is 0 Å². The molecule has 8 nitrogen and oxygen atoms in total. The van der Waals surface area contributed by atoms with Gasteiger partial charge < -0.3 is 9.47 Å². The lowest BCUT2D eigenvalue weighted by atomic mass is 10.1. The maximum absolute atomic E-state index is 13.2. The molecule has 0 spiro atoms. The van der Waals surface area contributed by atoms with Crippen molar-refractivity contribution < 1.29 is 14.3 Å². The maximum Gasteiger partial charge on any atom is 0.338 e. The van der Waals surface area contributed by atoms with E-state index in [1.165, 1.54) is 16.0 Å². The first kappa shape index (κ1) is 20.1. The van der Waals surface area contributed by atoms with Crippen molar-refractivity contribution in [2.45, 2.75) is 26.9 Å². The smallest absolute Gasteiger partial charge is 0.338 e. The number of hydrogen-bond acceptors (Lipinski definition) is 8. The van der Waals surface area contributed by atoms with Gasteiger partial charge in [-0.25, -0.2) is 9.78 Å². The summed E-state index contributed by atoms with van der Waals surface area (Å²) in [5, 5.41) is 9.23. The van der Waals surface area contributed by atoms with Gasteiger partial charge in [0.05, 0.1) is 24.5 Å². The third-order valence-corrected chi connectivity index (χ3v) is 5.59. The summed E-state index contributed by atoms with van der Waals surface area (Å²) in [7, 11) is 1.62. The van der Waals surface area contributed by atoms with Crippen LogP contribution in [-0.4, -0.2) is 39.7 Å². The van der Waals surface area contributed by atoms with E-state index in [2.05, 4.69) is 15.3 Å². The van der Waals surface area contributed by atoms with Crippen LogP contribution in [0.2, 0.25) is 0 Å². The Kier molecular flexibility index (Phi) is 5.56. The summed E-state index contributed by atoms with van der Waals surface area (Å²) in [5.74, 6) is -0.438. The SMILES string of the molecule is CCCOC(=O)c1cccc(-n2nnc3c(sc4nc(C)cc(COC)c43)c2=O)c1. The number of aromatic nitrogens is 4. The van der Waals surface area contributed by atoms with Gasteiger partial charge in [0.25, 0.3) is 5.56 Å². The highest BCUT2D eigenvalue weighted by molar-refractivity contribution is 7.25. The number of fused-ring (bicyclic) bond motifs is 3. The molecule has 0 fully saturated rings. The Balaban J connectivity index is 1.85. The van der Waals surface area contributed by atoms with Crippen molar-refractivity contribution in [3.05, 3.63) is 57.5 Å². The Morgan fingerprint density at radius 3 is 2.87 bits per heavy atom. The predicted molar refractivity (Wildman–Crippen MR) is 114 cm³/mol. The lowest BCUT2D eigenvalue weighted by Gasteiger charge is -2.07. The predicted octanol–water partition coefficient (Wildman–Crippen LogP) is 3.41. The van der Waals surface area contributed by atoms with Gasteiger partial charge in [0, 0.05) is 18.2 Å². The zero-order valence-corrected chi connectivity index (χ0v) is 17.7. The summed E-state index contributed by atoms with van der Waals surface area (Å²) in [5.41, 5.74) is 2.74. The number of nitrogens with zero attached hydrogens (tertiary/aromatic N) is 4. The fraction of sp³-hybridized carbons (Fsp3) is 0.286. The zero-order chi connectivity index (χ0) is 21.3. The molecule has 30 heavy (non-hydrogen) atoms. The van der Waals surface area contributed by atoms with E-state index in [9.17, 15) is 9.59 Å². The number of hydrogen-bond donors (Lipinski definition) is 0. The monoisotopic (exact) mass is 424 g/mol. The summed E-state index contributed by atoms with van der Waals surface area (Å²) in [6.45, 7) is 4.55. The molecule has 4 aromatic rings. The van der Waals surface area contributed by atoms with Crippen molar-refractivity contribution in [1.29, 1.82) is 0 Å². The molecule has 0 N–H and O–H groups in total. The van der Waals surface area contributed by atoms with E-state index in [1.807, 2.05) is 19.9 Å². The number of ether oxygens (including phenoxy) is 2. The van der Waals surface area contributed by atoms with Gasteiger partial charge >= 0.3 is 5.97 Å². The normalized spacial score (nSPS) is 11.3. The van der Waals surface area contributed by atoms with E-state index >= 15 is 0 Å². The molecule has 1 aromatic carbocycles. The second-order valence-corrected chi connectivity index (χ2v) is 7.81. The van der Waals surface area contributed by atoms with Crippen molar-refractivity contribution in [1.82, 2.24) is 20.0 Å². The topological polar surface area (TPSA) is 96.2 Å². The fourth-order valence-electron chi connectivity index (χ4n) is 3.24. The lowest BCUT2D eigenvalue weighted by molar-refractivity contribution is 0.0505. The van der Waals surface area contributed by atoms with Crippen LogP contribution in [0.15, 0.2) is 35.1 Å². The van der Waals surface area contributed by atoms with E-state index in [4.69, 9.17) is 9.47 Å². The molecule has 4 rings (SSSR count). The molecule has 0 bridgehead atoms. The van der Waals surface area contributed by atoms with Gasteiger partial charge in [-0.3, -0.25) is 4.79 Å². The number of carbonyl (C=O) groups excluding carboxylic acids is 1. The van der Waals surface area contributed by atoms with Gasteiger partial charge in [0.15, 0.2) is 0 Å². The van der Waals surface area contributed by atoms with Crippen LogP contribution in [0, 0.1) is 6.92 Å². The van der Waals surface area contributed by atoms with E-state index < -0.39 is 5.97 Å². The summed E-state index contributed by atoms with van der Waals surface area (Å²) >= 11 is 1.28. The summed E-state index contributed by atoms with van der Waals surface area (Å²) in [6.07, 6.45) is 0.734. The molecule has 0 saturated heterocycles. The molecule has 0 aliphatic carbocycles. The highest BCUT2D eigenvalue weighted by atomic mass is 32.1. The molecule has 3 aromatic heterocycles. The van der Waals surface area contributed by atoms with Crippen LogP contribution >= 0.6 is 11.3 Å². The average molecular weight is 424 g/mol. The number of aryl methyl sites for hydroxylation is 1. The van der Waals surface area contributed by atoms with Crippen LogP contribution < -0.4 is 5.56 Å². The Labute approximate surface area is 176 Å². The number of esters is 1. The largest absolute Gasteiger partial charge is 0.462 e. The number of benzene rings is 1. The van der Waals surface area contributed by atoms with Crippen LogP contribution in [0.1, 0.15) is 35.0 Å². The maximum atomic E-state index is 13.2. The Morgan fingerprint density at radius 2 is 2.10 bits per heavy atom. The Hall–Kier alpha value is -3.17. The number of methoxy groups -OCH3 is 1. The molecule has 0 aliphatic heterocycles. The molecule has 9 heteroatoms. The first-order valence-electron chi connectivity index (χ1n) is 9.48. The van der Waals surface area contributed by atoms with Crippen LogP contribution in [0.5, 0.6) is 0 Å². The van der Waals surface area contributed by atoms with Gasteiger partial charge in [-0.2, -0.15) is 4.68 Å². The second kappa shape index (κ2) is 8.29. The standard InChI is InChI=1S/C21H20N4O4S/c1-4-8-29-21(27)13-6-5-7-15(10-13)25-20(26)18-17(23-24-25)16-14(11-28-3)9-12(2)22-19(16)30-18/h5-7,9-10H,4,8,11H2,1-3H3. The molecule has 0 amide bonds. The number of carbonyl (C=O) groups is 1. The van der Waals surface area contributed by atoms with Crippen molar-refractivity contribution in [2.75, 3.05) is 13.7 Å². The highest BCUT2D eigenvalue weighted by Crippen LogP contribution is 2.32. The summed E-state index contributed by atoms with van der Waals surface area (Å²) in [4.78, 5) is 30.6. The number of rotatable bonds is 6. The summed E-state index contributed by atoms with van der Waals surface area (Å²) < 4.78 is 12.1. The minimum atomic E-state index is -0.438. The zero-order valence-electron chi connectivity index (χ0n) is 16.8. The molecule has 0 atom stereocenters. The first-order valence-corrected chi connectivity index (χ1v) is 10.3. The third-order valence-electron chi connectivity index (χ3n) is 4.53. The average Bonchev–Trinajstić information content (AvgIpc) is 3.12. The summed E-state index contributed by atoms with van der Waals surface area (Å²) in [6, 6.07) is 8.53. The molecule has 0 radical (unpaired) electrons. The van der Waals surface area contributed by atoms with Crippen LogP contribution in [0.4, 0.5) is 0 Å². The molecule has 0 saturated carbocycles. The van der Waals surface area contributed by atoms with Gasteiger partial charge in [0.2, 0.25) is 0 Å². The molecule has 154 valence electrons. The van der Waals surface area contributed by atoms with Crippen molar-refractivity contribution in [3.63, 3.8) is 0 Å². The van der Waals surface area contributed by atoms with Crippen LogP contribution in [0.25, 0.3) is 26.1 Å². The molecule has 3 heterocycles. The number of pyridine rings is 1. The quantitative estimate of drug-likeness (QED) is 0.438. The van der Waals surface area contributed by atoms with Crippen molar-refractivity contribution in [3.8, 4) is 5.69 Å². The van der Waals surface area contributed by atoms with Crippen molar-refractivity contribution >= 4 is 37.7 Å². The van der Waals surface area contributed by atoms with E-state index in [1.54, 1.807) is 31.4 Å². The van der Waals surface area contributed by atoms with E-state index in [0.29, 0.717) is 34.7 Å². The minimum Gasteiger partial charge on any atom is -0.462 e. The molecule has 0 aliphatic rings. The van der Waals surface area contributed by atoms with Gasteiger partial charge in [-0.15, -0.1) is 16.4 Å². The second-order valence-electron chi connectivity index (χ2n) is 6.81. The first-order chi connectivity index (χ1) is 14.5. The van der Waals surface area contributed by atoms with Crippen LogP contribution in [0.3, 0.4) is 0 Å². The Morgan fingerprint density at radius 1 is 1.27 bits per heavy atom. The Bertz CT molecular complexity index is 1310. The number of thiophene rings is 1. The lowest BCUT2D eigenvalue weighted by Crippen LogP contribution is -2.22.